The Morgan fingerprint density at radius 3 is 2.00 bits per heavy atom. The van der Waals surface area contributed by atoms with Gasteiger partial charge < -0.3 is 0 Å². The second kappa shape index (κ2) is 10.7. The molecule has 0 saturated carbocycles. The van der Waals surface area contributed by atoms with Crippen LogP contribution in [0.4, 0.5) is 0 Å². The fourth-order valence-electron chi connectivity index (χ4n) is 2.96. The molecule has 0 amide bonds. The standard InChI is InChI=1S/C19H40/c1-7-12-18(5)13-10-11-15-19(6,9-3)16-14-17(4)8-2/h17-18H,7-16H2,1-6H3. The lowest BCUT2D eigenvalue weighted by Gasteiger charge is -2.29. The van der Waals surface area contributed by atoms with Crippen molar-refractivity contribution >= 4 is 0 Å². The molecule has 0 aliphatic rings. The summed E-state index contributed by atoms with van der Waals surface area (Å²) in [5.41, 5.74) is 0.609. The molecule has 0 N–H and O–H groups in total. The topological polar surface area (TPSA) is 0 Å². The van der Waals surface area contributed by atoms with Gasteiger partial charge >= 0.3 is 0 Å². The van der Waals surface area contributed by atoms with Crippen LogP contribution in [-0.2, 0) is 0 Å². The molecule has 0 radical (unpaired) electrons. The van der Waals surface area contributed by atoms with Crippen molar-refractivity contribution in [2.24, 2.45) is 17.3 Å². The Morgan fingerprint density at radius 2 is 1.47 bits per heavy atom. The Labute approximate surface area is 123 Å². The summed E-state index contributed by atoms with van der Waals surface area (Å²) in [5.74, 6) is 1.86. The molecule has 0 aliphatic carbocycles. The largest absolute Gasteiger partial charge is 0.0654 e. The van der Waals surface area contributed by atoms with Crippen LogP contribution in [0.2, 0.25) is 0 Å². The molecule has 0 aliphatic heterocycles. The van der Waals surface area contributed by atoms with E-state index < -0.39 is 0 Å². The van der Waals surface area contributed by atoms with E-state index in [1.807, 2.05) is 0 Å². The maximum Gasteiger partial charge on any atom is -0.0328 e. The third-order valence-electron chi connectivity index (χ3n) is 5.30. The van der Waals surface area contributed by atoms with E-state index in [4.69, 9.17) is 0 Å². The first-order valence-corrected chi connectivity index (χ1v) is 8.97. The maximum atomic E-state index is 2.52. The summed E-state index contributed by atoms with van der Waals surface area (Å²) < 4.78 is 0. The van der Waals surface area contributed by atoms with Gasteiger partial charge in [-0.2, -0.15) is 0 Å². The van der Waals surface area contributed by atoms with Gasteiger partial charge in [0, 0.05) is 0 Å². The zero-order chi connectivity index (χ0) is 14.7. The smallest absolute Gasteiger partial charge is 0.0328 e. The van der Waals surface area contributed by atoms with Gasteiger partial charge in [-0.25, -0.2) is 0 Å². The normalized spacial score (nSPS) is 18.0. The zero-order valence-electron chi connectivity index (χ0n) is 14.7. The van der Waals surface area contributed by atoms with Crippen molar-refractivity contribution in [3.63, 3.8) is 0 Å². The lowest BCUT2D eigenvalue weighted by molar-refractivity contribution is 0.226. The van der Waals surface area contributed by atoms with Crippen LogP contribution in [-0.4, -0.2) is 0 Å². The molecule has 0 heteroatoms. The van der Waals surface area contributed by atoms with Crippen molar-refractivity contribution in [2.45, 2.75) is 106 Å². The third-order valence-corrected chi connectivity index (χ3v) is 5.30. The highest BCUT2D eigenvalue weighted by Crippen LogP contribution is 2.35. The lowest BCUT2D eigenvalue weighted by atomic mass is 9.76. The van der Waals surface area contributed by atoms with E-state index in [0.29, 0.717) is 5.41 Å². The molecule has 0 nitrogen and oxygen atoms in total. The first kappa shape index (κ1) is 19.0. The van der Waals surface area contributed by atoms with Crippen molar-refractivity contribution in [1.82, 2.24) is 0 Å². The van der Waals surface area contributed by atoms with E-state index in [9.17, 15) is 0 Å². The Kier molecular flexibility index (Phi) is 10.7. The van der Waals surface area contributed by atoms with Gasteiger partial charge in [0.25, 0.3) is 0 Å². The number of rotatable bonds is 12. The number of hydrogen-bond donors (Lipinski definition) is 0. The molecular weight excluding hydrogens is 228 g/mol. The van der Waals surface area contributed by atoms with Crippen molar-refractivity contribution in [2.75, 3.05) is 0 Å². The van der Waals surface area contributed by atoms with E-state index in [-0.39, 0.29) is 0 Å². The first-order valence-electron chi connectivity index (χ1n) is 8.97. The van der Waals surface area contributed by atoms with Gasteiger partial charge in [0.15, 0.2) is 0 Å². The molecule has 0 aromatic rings. The summed E-state index contributed by atoms with van der Waals surface area (Å²) in [7, 11) is 0. The Bertz CT molecular complexity index is 196. The maximum absolute atomic E-state index is 2.52. The van der Waals surface area contributed by atoms with Crippen LogP contribution >= 0.6 is 0 Å². The van der Waals surface area contributed by atoms with Gasteiger partial charge in [0.1, 0.15) is 0 Å². The molecule has 0 rings (SSSR count). The summed E-state index contributed by atoms with van der Waals surface area (Å²) >= 11 is 0. The molecule has 19 heavy (non-hydrogen) atoms. The molecule has 3 unspecified atom stereocenters. The first-order chi connectivity index (χ1) is 8.97. The summed E-state index contributed by atoms with van der Waals surface area (Å²) in [4.78, 5) is 0. The van der Waals surface area contributed by atoms with Crippen molar-refractivity contribution in [3.05, 3.63) is 0 Å². The minimum atomic E-state index is 0.609. The van der Waals surface area contributed by atoms with Gasteiger partial charge in [-0.1, -0.05) is 92.9 Å². The van der Waals surface area contributed by atoms with E-state index in [0.717, 1.165) is 11.8 Å². The molecular formula is C19H40. The van der Waals surface area contributed by atoms with Gasteiger partial charge in [0.2, 0.25) is 0 Å². The van der Waals surface area contributed by atoms with Gasteiger partial charge in [-0.15, -0.1) is 0 Å². The van der Waals surface area contributed by atoms with Crippen LogP contribution in [0.1, 0.15) is 106 Å². The summed E-state index contributed by atoms with van der Waals surface area (Å²) in [6.07, 6.45) is 14.1. The third kappa shape index (κ3) is 9.52. The molecule has 0 fully saturated rings. The number of unbranched alkanes of at least 4 members (excludes halogenated alkanes) is 1. The highest BCUT2D eigenvalue weighted by atomic mass is 14.3. The quantitative estimate of drug-likeness (QED) is 0.328. The molecule has 116 valence electrons. The second-order valence-corrected chi connectivity index (χ2v) is 7.36. The zero-order valence-corrected chi connectivity index (χ0v) is 14.7. The Hall–Kier alpha value is 0. The minimum Gasteiger partial charge on any atom is -0.0654 e. The monoisotopic (exact) mass is 268 g/mol. The average Bonchev–Trinajstić information content (AvgIpc) is 2.41. The van der Waals surface area contributed by atoms with Crippen LogP contribution in [0.15, 0.2) is 0 Å². The summed E-state index contributed by atoms with van der Waals surface area (Å²) in [5, 5.41) is 0. The molecule has 0 bridgehead atoms. The second-order valence-electron chi connectivity index (χ2n) is 7.36. The average molecular weight is 269 g/mol. The van der Waals surface area contributed by atoms with Crippen LogP contribution < -0.4 is 0 Å². The SMILES string of the molecule is CCCC(C)CCCCC(C)(CC)CCC(C)CC. The summed E-state index contributed by atoms with van der Waals surface area (Å²) in [6.45, 7) is 14.4. The summed E-state index contributed by atoms with van der Waals surface area (Å²) in [6, 6.07) is 0. The van der Waals surface area contributed by atoms with Gasteiger partial charge in [0.05, 0.1) is 0 Å². The Balaban J connectivity index is 3.84. The molecule has 0 heterocycles. The molecule has 0 aromatic carbocycles. The predicted octanol–water partition coefficient (Wildman–Crippen LogP) is 7.23. The van der Waals surface area contributed by atoms with Gasteiger partial charge in [-0.3, -0.25) is 0 Å². The molecule has 3 atom stereocenters. The van der Waals surface area contributed by atoms with Crippen molar-refractivity contribution in [3.8, 4) is 0 Å². The Morgan fingerprint density at radius 1 is 0.789 bits per heavy atom. The van der Waals surface area contributed by atoms with Crippen LogP contribution in [0.3, 0.4) is 0 Å². The van der Waals surface area contributed by atoms with E-state index in [2.05, 4.69) is 41.5 Å². The van der Waals surface area contributed by atoms with Crippen molar-refractivity contribution in [1.29, 1.82) is 0 Å². The molecule has 0 spiro atoms. The highest BCUT2D eigenvalue weighted by molar-refractivity contribution is 4.74. The van der Waals surface area contributed by atoms with Gasteiger partial charge in [-0.05, 0) is 30.1 Å². The highest BCUT2D eigenvalue weighted by Gasteiger charge is 2.21. The fourth-order valence-corrected chi connectivity index (χ4v) is 2.96. The van der Waals surface area contributed by atoms with E-state index in [1.165, 1.54) is 64.2 Å². The van der Waals surface area contributed by atoms with Crippen LogP contribution in [0, 0.1) is 17.3 Å². The van der Waals surface area contributed by atoms with Crippen LogP contribution in [0.5, 0.6) is 0 Å². The molecule has 0 aromatic heterocycles. The molecule has 0 saturated heterocycles. The number of hydrogen-bond acceptors (Lipinski definition) is 0. The fraction of sp³-hybridized carbons (Fsp3) is 1.00. The lowest BCUT2D eigenvalue weighted by Crippen LogP contribution is -2.16. The van der Waals surface area contributed by atoms with Crippen molar-refractivity contribution < 1.29 is 0 Å². The van der Waals surface area contributed by atoms with E-state index >= 15 is 0 Å². The van der Waals surface area contributed by atoms with Crippen LogP contribution in [0.25, 0.3) is 0 Å². The van der Waals surface area contributed by atoms with E-state index in [1.54, 1.807) is 0 Å². The minimum absolute atomic E-state index is 0.609. The predicted molar refractivity (Wildman–Crippen MR) is 89.6 cm³/mol.